The lowest BCUT2D eigenvalue weighted by Crippen LogP contribution is -2.40. The van der Waals surface area contributed by atoms with E-state index in [0.717, 1.165) is 66.1 Å². The van der Waals surface area contributed by atoms with Crippen LogP contribution in [-0.4, -0.2) is 35.7 Å². The number of nitrogens with zero attached hydrogens (tertiary/aromatic N) is 3. The zero-order chi connectivity index (χ0) is 22.0. The SMILES string of the molecule is CCn1c(-c2ccc(NC(=O)N3CCC(C)CC3)cc2)c(C#N)c2ccc(OC)cc21. The number of rotatable bonds is 4. The summed E-state index contributed by atoms with van der Waals surface area (Å²) in [5, 5.41) is 13.8. The van der Waals surface area contributed by atoms with Gasteiger partial charge in [0, 0.05) is 36.8 Å². The summed E-state index contributed by atoms with van der Waals surface area (Å²) in [6.07, 6.45) is 2.10. The number of benzene rings is 2. The number of anilines is 1. The highest BCUT2D eigenvalue weighted by Crippen LogP contribution is 2.35. The summed E-state index contributed by atoms with van der Waals surface area (Å²) < 4.78 is 7.52. The molecule has 2 heterocycles. The minimum atomic E-state index is -0.0490. The normalized spacial score (nSPS) is 14.5. The fraction of sp³-hybridized carbons (Fsp3) is 0.360. The average molecular weight is 417 g/mol. The van der Waals surface area contributed by atoms with Crippen LogP contribution in [0.15, 0.2) is 42.5 Å². The molecule has 1 saturated heterocycles. The molecular weight excluding hydrogens is 388 g/mol. The maximum absolute atomic E-state index is 12.6. The Kier molecular flexibility index (Phi) is 5.85. The monoisotopic (exact) mass is 416 g/mol. The van der Waals surface area contributed by atoms with Crippen LogP contribution in [0, 0.1) is 17.2 Å². The molecule has 6 nitrogen and oxygen atoms in total. The highest BCUT2D eigenvalue weighted by molar-refractivity contribution is 5.96. The number of carbonyl (C=O) groups excluding carboxylic acids is 1. The third-order valence-electron chi connectivity index (χ3n) is 6.18. The van der Waals surface area contributed by atoms with Crippen LogP contribution in [0.1, 0.15) is 32.3 Å². The van der Waals surface area contributed by atoms with Crippen LogP contribution in [0.4, 0.5) is 10.5 Å². The van der Waals surface area contributed by atoms with Gasteiger partial charge < -0.3 is 19.5 Å². The number of urea groups is 1. The van der Waals surface area contributed by atoms with E-state index >= 15 is 0 Å². The van der Waals surface area contributed by atoms with Crippen LogP contribution in [0.3, 0.4) is 0 Å². The van der Waals surface area contributed by atoms with E-state index in [1.54, 1.807) is 7.11 Å². The molecule has 4 rings (SSSR count). The number of hydrogen-bond donors (Lipinski definition) is 1. The van der Waals surface area contributed by atoms with Crippen molar-refractivity contribution in [3.8, 4) is 23.1 Å². The zero-order valence-corrected chi connectivity index (χ0v) is 18.3. The number of fused-ring (bicyclic) bond motifs is 1. The maximum Gasteiger partial charge on any atom is 0.321 e. The summed E-state index contributed by atoms with van der Waals surface area (Å²) in [6, 6.07) is 15.9. The Morgan fingerprint density at radius 2 is 1.90 bits per heavy atom. The van der Waals surface area contributed by atoms with Crippen LogP contribution < -0.4 is 10.1 Å². The van der Waals surface area contributed by atoms with Gasteiger partial charge >= 0.3 is 6.03 Å². The largest absolute Gasteiger partial charge is 0.497 e. The number of ether oxygens (including phenoxy) is 1. The van der Waals surface area contributed by atoms with Crippen molar-refractivity contribution >= 4 is 22.6 Å². The van der Waals surface area contributed by atoms with Crippen LogP contribution in [0.5, 0.6) is 5.75 Å². The zero-order valence-electron chi connectivity index (χ0n) is 18.3. The molecule has 1 fully saturated rings. The summed E-state index contributed by atoms with van der Waals surface area (Å²) in [5.74, 6) is 1.45. The van der Waals surface area contributed by atoms with Gasteiger partial charge in [0.05, 0.1) is 23.9 Å². The van der Waals surface area contributed by atoms with Gasteiger partial charge in [-0.3, -0.25) is 0 Å². The van der Waals surface area contributed by atoms with Gasteiger partial charge in [0.15, 0.2) is 0 Å². The van der Waals surface area contributed by atoms with E-state index in [2.05, 4.69) is 29.8 Å². The number of aromatic nitrogens is 1. The molecule has 0 bridgehead atoms. The smallest absolute Gasteiger partial charge is 0.321 e. The molecular formula is C25H28N4O2. The lowest BCUT2D eigenvalue weighted by molar-refractivity contribution is 0.186. The van der Waals surface area contributed by atoms with Gasteiger partial charge in [0.2, 0.25) is 0 Å². The first-order chi connectivity index (χ1) is 15.0. The van der Waals surface area contributed by atoms with Gasteiger partial charge in [0.1, 0.15) is 11.8 Å². The summed E-state index contributed by atoms with van der Waals surface area (Å²) in [7, 11) is 1.64. The predicted molar refractivity (Wildman–Crippen MR) is 123 cm³/mol. The highest BCUT2D eigenvalue weighted by atomic mass is 16.5. The molecule has 2 amide bonds. The molecule has 2 aromatic carbocycles. The Labute approximate surface area is 183 Å². The molecule has 0 spiro atoms. The molecule has 0 aliphatic carbocycles. The van der Waals surface area contributed by atoms with Crippen LogP contribution in [0.2, 0.25) is 0 Å². The van der Waals surface area contributed by atoms with Gasteiger partial charge in [-0.1, -0.05) is 19.1 Å². The third kappa shape index (κ3) is 3.96. The maximum atomic E-state index is 12.6. The number of likely N-dealkylation sites (tertiary alicyclic amines) is 1. The third-order valence-corrected chi connectivity index (χ3v) is 6.18. The molecule has 1 aliphatic heterocycles. The fourth-order valence-corrected chi connectivity index (χ4v) is 4.32. The van der Waals surface area contributed by atoms with Crippen molar-refractivity contribution < 1.29 is 9.53 Å². The molecule has 31 heavy (non-hydrogen) atoms. The second kappa shape index (κ2) is 8.73. The van der Waals surface area contributed by atoms with Gasteiger partial charge in [-0.25, -0.2) is 4.79 Å². The standard InChI is InChI=1S/C25H28N4O2/c1-4-29-23-15-20(31-3)9-10-21(23)22(16-26)24(29)18-5-7-19(8-6-18)27-25(30)28-13-11-17(2)12-14-28/h5-10,15,17H,4,11-14H2,1-3H3,(H,27,30). The van der Waals surface area contributed by atoms with Crippen molar-refractivity contribution in [1.29, 1.82) is 5.26 Å². The summed E-state index contributed by atoms with van der Waals surface area (Å²) in [5.41, 5.74) is 4.21. The number of carbonyl (C=O) groups is 1. The number of piperidine rings is 1. The lowest BCUT2D eigenvalue weighted by atomic mass is 10.00. The summed E-state index contributed by atoms with van der Waals surface area (Å²) in [4.78, 5) is 14.4. The molecule has 0 unspecified atom stereocenters. The molecule has 0 atom stereocenters. The number of aryl methyl sites for hydroxylation is 1. The average Bonchev–Trinajstić information content (AvgIpc) is 3.12. The van der Waals surface area contributed by atoms with E-state index in [4.69, 9.17) is 4.74 Å². The van der Waals surface area contributed by atoms with Crippen molar-refractivity contribution in [2.45, 2.75) is 33.2 Å². The Hall–Kier alpha value is -3.46. The molecule has 6 heteroatoms. The van der Waals surface area contributed by atoms with Crippen LogP contribution in [-0.2, 0) is 6.54 Å². The molecule has 1 N–H and O–H groups in total. The number of hydrogen-bond acceptors (Lipinski definition) is 3. The van der Waals surface area contributed by atoms with Crippen molar-refractivity contribution in [1.82, 2.24) is 9.47 Å². The van der Waals surface area contributed by atoms with Crippen molar-refractivity contribution in [2.75, 3.05) is 25.5 Å². The lowest BCUT2D eigenvalue weighted by Gasteiger charge is -2.30. The van der Waals surface area contributed by atoms with E-state index in [-0.39, 0.29) is 6.03 Å². The number of amides is 2. The molecule has 0 radical (unpaired) electrons. The number of nitrogens with one attached hydrogen (secondary N) is 1. The highest BCUT2D eigenvalue weighted by Gasteiger charge is 2.21. The van der Waals surface area contributed by atoms with Crippen LogP contribution >= 0.6 is 0 Å². The Bertz CT molecular complexity index is 1130. The van der Waals surface area contributed by atoms with Crippen LogP contribution in [0.25, 0.3) is 22.2 Å². The minimum Gasteiger partial charge on any atom is -0.497 e. The number of nitriles is 1. The number of methoxy groups -OCH3 is 1. The van der Waals surface area contributed by atoms with Crippen molar-refractivity contribution in [3.63, 3.8) is 0 Å². The van der Waals surface area contributed by atoms with Gasteiger partial charge in [0.25, 0.3) is 0 Å². The van der Waals surface area contributed by atoms with Crippen molar-refractivity contribution in [3.05, 3.63) is 48.0 Å². The first kappa shape index (κ1) is 20.8. The first-order valence-electron chi connectivity index (χ1n) is 10.8. The second-order valence-corrected chi connectivity index (χ2v) is 8.14. The fourth-order valence-electron chi connectivity index (χ4n) is 4.32. The van der Waals surface area contributed by atoms with E-state index in [1.165, 1.54) is 0 Å². The molecule has 0 saturated carbocycles. The van der Waals surface area contributed by atoms with Gasteiger partial charge in [-0.05, 0) is 55.5 Å². The minimum absolute atomic E-state index is 0.0490. The Balaban J connectivity index is 1.63. The second-order valence-electron chi connectivity index (χ2n) is 8.14. The van der Waals surface area contributed by atoms with Gasteiger partial charge in [-0.2, -0.15) is 5.26 Å². The molecule has 1 aromatic heterocycles. The van der Waals surface area contributed by atoms with E-state index < -0.39 is 0 Å². The molecule has 3 aromatic rings. The Morgan fingerprint density at radius 1 is 1.19 bits per heavy atom. The summed E-state index contributed by atoms with van der Waals surface area (Å²) in [6.45, 7) is 6.63. The molecule has 160 valence electrons. The topological polar surface area (TPSA) is 70.3 Å². The van der Waals surface area contributed by atoms with E-state index in [0.29, 0.717) is 11.5 Å². The predicted octanol–water partition coefficient (Wildman–Crippen LogP) is 5.47. The van der Waals surface area contributed by atoms with E-state index in [1.807, 2.05) is 47.4 Å². The first-order valence-corrected chi connectivity index (χ1v) is 10.8. The Morgan fingerprint density at radius 3 is 2.52 bits per heavy atom. The van der Waals surface area contributed by atoms with Gasteiger partial charge in [-0.15, -0.1) is 0 Å². The quantitative estimate of drug-likeness (QED) is 0.613. The van der Waals surface area contributed by atoms with E-state index in [9.17, 15) is 10.1 Å². The summed E-state index contributed by atoms with van der Waals surface area (Å²) >= 11 is 0. The molecule has 1 aliphatic rings. The van der Waals surface area contributed by atoms with Crippen molar-refractivity contribution in [2.24, 2.45) is 5.92 Å².